The molecule has 0 aliphatic rings. The smallest absolute Gasteiger partial charge is 0.342 e. The van der Waals surface area contributed by atoms with Crippen molar-refractivity contribution in [3.8, 4) is 5.75 Å². The largest absolute Gasteiger partial charge is 0.490 e. The van der Waals surface area contributed by atoms with Gasteiger partial charge in [0.05, 0.1) is 5.02 Å². The molecule has 2 aromatic carbocycles. The molecule has 0 radical (unpaired) electrons. The highest BCUT2D eigenvalue weighted by molar-refractivity contribution is 9.10. The Balaban J connectivity index is 1.85. The maximum absolute atomic E-state index is 13.5. The number of hydrogen-bond donors (Lipinski definition) is 0. The van der Waals surface area contributed by atoms with Gasteiger partial charge in [-0.1, -0.05) is 39.7 Å². The SMILES string of the molecule is O=C(OCCOc1cccc(Br)c1)c1c(F)cccc1Cl. The first-order chi connectivity index (χ1) is 10.1. The molecule has 0 aliphatic heterocycles. The first-order valence-corrected chi connectivity index (χ1v) is 7.24. The second-order valence-corrected chi connectivity index (χ2v) is 5.36. The van der Waals surface area contributed by atoms with Crippen molar-refractivity contribution < 1.29 is 18.7 Å². The molecule has 3 nitrogen and oxygen atoms in total. The first kappa shape index (κ1) is 15.8. The normalized spacial score (nSPS) is 10.2. The van der Waals surface area contributed by atoms with Crippen LogP contribution in [0.15, 0.2) is 46.9 Å². The second-order valence-electron chi connectivity index (χ2n) is 4.04. The number of halogens is 3. The van der Waals surface area contributed by atoms with Crippen LogP contribution in [0, 0.1) is 5.82 Å². The molecule has 0 aliphatic carbocycles. The number of hydrogen-bond acceptors (Lipinski definition) is 3. The lowest BCUT2D eigenvalue weighted by Gasteiger charge is -2.09. The van der Waals surface area contributed by atoms with Crippen LogP contribution in [0.25, 0.3) is 0 Å². The Kier molecular flexibility index (Phi) is 5.59. The number of esters is 1. The van der Waals surface area contributed by atoms with Gasteiger partial charge >= 0.3 is 5.97 Å². The van der Waals surface area contributed by atoms with Crippen LogP contribution < -0.4 is 4.74 Å². The van der Waals surface area contributed by atoms with Gasteiger partial charge in [-0.15, -0.1) is 0 Å². The van der Waals surface area contributed by atoms with E-state index in [1.807, 2.05) is 12.1 Å². The van der Waals surface area contributed by atoms with E-state index in [1.165, 1.54) is 12.1 Å². The van der Waals surface area contributed by atoms with Crippen molar-refractivity contribution in [2.24, 2.45) is 0 Å². The highest BCUT2D eigenvalue weighted by Gasteiger charge is 2.16. The molecule has 6 heteroatoms. The van der Waals surface area contributed by atoms with E-state index in [2.05, 4.69) is 15.9 Å². The highest BCUT2D eigenvalue weighted by Crippen LogP contribution is 2.20. The molecule has 0 saturated carbocycles. The molecular formula is C15H11BrClFO3. The van der Waals surface area contributed by atoms with E-state index in [0.717, 1.165) is 10.5 Å². The lowest BCUT2D eigenvalue weighted by Crippen LogP contribution is -2.14. The zero-order chi connectivity index (χ0) is 15.2. The molecule has 0 atom stereocenters. The molecule has 110 valence electrons. The Labute approximate surface area is 134 Å². The van der Waals surface area contributed by atoms with Gasteiger partial charge in [0, 0.05) is 4.47 Å². The third-order valence-corrected chi connectivity index (χ3v) is 3.36. The molecule has 0 heterocycles. The molecule has 0 aromatic heterocycles. The van der Waals surface area contributed by atoms with E-state index in [4.69, 9.17) is 21.1 Å². The maximum atomic E-state index is 13.5. The average molecular weight is 374 g/mol. The second kappa shape index (κ2) is 7.43. The van der Waals surface area contributed by atoms with Crippen molar-refractivity contribution >= 4 is 33.5 Å². The molecule has 2 rings (SSSR count). The fourth-order valence-electron chi connectivity index (χ4n) is 1.62. The topological polar surface area (TPSA) is 35.5 Å². The Morgan fingerprint density at radius 1 is 1.19 bits per heavy atom. The molecule has 0 unspecified atom stereocenters. The summed E-state index contributed by atoms with van der Waals surface area (Å²) in [5.74, 6) is -0.874. The van der Waals surface area contributed by atoms with Gasteiger partial charge in [0.2, 0.25) is 0 Å². The van der Waals surface area contributed by atoms with E-state index < -0.39 is 11.8 Å². The third-order valence-electron chi connectivity index (χ3n) is 2.55. The van der Waals surface area contributed by atoms with Gasteiger partial charge in [0.15, 0.2) is 0 Å². The Morgan fingerprint density at radius 3 is 2.67 bits per heavy atom. The van der Waals surface area contributed by atoms with Crippen LogP contribution in [-0.4, -0.2) is 19.2 Å². The van der Waals surface area contributed by atoms with Crippen LogP contribution in [0.2, 0.25) is 5.02 Å². The van der Waals surface area contributed by atoms with Crippen molar-refractivity contribution in [3.05, 3.63) is 63.3 Å². The molecule has 0 saturated heterocycles. The molecule has 0 fully saturated rings. The van der Waals surface area contributed by atoms with Crippen LogP contribution in [0.5, 0.6) is 5.75 Å². The molecule has 0 amide bonds. The average Bonchev–Trinajstić information content (AvgIpc) is 2.43. The summed E-state index contributed by atoms with van der Waals surface area (Å²) in [7, 11) is 0. The number of rotatable bonds is 5. The molecule has 2 aromatic rings. The summed E-state index contributed by atoms with van der Waals surface area (Å²) in [5.41, 5.74) is -0.262. The van der Waals surface area contributed by atoms with Crippen molar-refractivity contribution in [1.82, 2.24) is 0 Å². The molecule has 0 bridgehead atoms. The summed E-state index contributed by atoms with van der Waals surface area (Å²) in [6.07, 6.45) is 0. The van der Waals surface area contributed by atoms with Crippen molar-refractivity contribution in [2.75, 3.05) is 13.2 Å². The fraction of sp³-hybridized carbons (Fsp3) is 0.133. The first-order valence-electron chi connectivity index (χ1n) is 6.07. The van der Waals surface area contributed by atoms with Crippen LogP contribution in [0.3, 0.4) is 0 Å². The third kappa shape index (κ3) is 4.44. The fourth-order valence-corrected chi connectivity index (χ4v) is 2.23. The van der Waals surface area contributed by atoms with E-state index >= 15 is 0 Å². The van der Waals surface area contributed by atoms with E-state index in [0.29, 0.717) is 5.75 Å². The van der Waals surface area contributed by atoms with Gasteiger partial charge in [0.1, 0.15) is 30.3 Å². The number of carbonyl (C=O) groups excluding carboxylic acids is 1. The Morgan fingerprint density at radius 2 is 1.95 bits per heavy atom. The monoisotopic (exact) mass is 372 g/mol. The van der Waals surface area contributed by atoms with E-state index in [9.17, 15) is 9.18 Å². The molecular weight excluding hydrogens is 363 g/mol. The Hall–Kier alpha value is -1.59. The van der Waals surface area contributed by atoms with Crippen LogP contribution >= 0.6 is 27.5 Å². The van der Waals surface area contributed by atoms with E-state index in [-0.39, 0.29) is 23.8 Å². The van der Waals surface area contributed by atoms with Gasteiger partial charge in [-0.25, -0.2) is 9.18 Å². The van der Waals surface area contributed by atoms with Crippen LogP contribution in [-0.2, 0) is 4.74 Å². The summed E-state index contributed by atoms with van der Waals surface area (Å²) in [6.45, 7) is 0.157. The predicted molar refractivity (Wildman–Crippen MR) is 81.3 cm³/mol. The minimum atomic E-state index is -0.809. The number of benzene rings is 2. The van der Waals surface area contributed by atoms with E-state index in [1.54, 1.807) is 12.1 Å². The lowest BCUT2D eigenvalue weighted by atomic mass is 10.2. The van der Waals surface area contributed by atoms with Gasteiger partial charge < -0.3 is 9.47 Å². The summed E-state index contributed by atoms with van der Waals surface area (Å²) in [6, 6.07) is 11.3. The van der Waals surface area contributed by atoms with Gasteiger partial charge in [-0.3, -0.25) is 0 Å². The number of carbonyl (C=O) groups is 1. The molecule has 21 heavy (non-hydrogen) atoms. The summed E-state index contributed by atoms with van der Waals surface area (Å²) in [4.78, 5) is 11.7. The van der Waals surface area contributed by atoms with Gasteiger partial charge in [-0.2, -0.15) is 0 Å². The molecule has 0 N–H and O–H groups in total. The standard InChI is InChI=1S/C15H11BrClFO3/c16-10-3-1-4-11(9-10)20-7-8-21-15(19)14-12(17)5-2-6-13(14)18/h1-6,9H,7-8H2. The minimum Gasteiger partial charge on any atom is -0.490 e. The Bertz CT molecular complexity index is 628. The summed E-state index contributed by atoms with van der Waals surface area (Å²) in [5, 5.41) is 0.0212. The lowest BCUT2D eigenvalue weighted by molar-refractivity contribution is 0.0445. The van der Waals surface area contributed by atoms with Crippen molar-refractivity contribution in [2.45, 2.75) is 0 Å². The highest BCUT2D eigenvalue weighted by atomic mass is 79.9. The zero-order valence-electron chi connectivity index (χ0n) is 10.8. The minimum absolute atomic E-state index is 0.00396. The zero-order valence-corrected chi connectivity index (χ0v) is 13.2. The van der Waals surface area contributed by atoms with Gasteiger partial charge in [-0.05, 0) is 30.3 Å². The summed E-state index contributed by atoms with van der Waals surface area (Å²) < 4.78 is 24.7. The summed E-state index contributed by atoms with van der Waals surface area (Å²) >= 11 is 9.09. The van der Waals surface area contributed by atoms with Crippen LogP contribution in [0.4, 0.5) is 4.39 Å². The number of ether oxygens (including phenoxy) is 2. The van der Waals surface area contributed by atoms with Gasteiger partial charge in [0.25, 0.3) is 0 Å². The molecule has 0 spiro atoms. The van der Waals surface area contributed by atoms with Crippen molar-refractivity contribution in [1.29, 1.82) is 0 Å². The predicted octanol–water partition coefficient (Wildman–Crippen LogP) is 4.48. The quantitative estimate of drug-likeness (QED) is 0.573. The maximum Gasteiger partial charge on any atom is 0.342 e. The van der Waals surface area contributed by atoms with Crippen molar-refractivity contribution in [3.63, 3.8) is 0 Å². The van der Waals surface area contributed by atoms with Crippen LogP contribution in [0.1, 0.15) is 10.4 Å².